The van der Waals surface area contributed by atoms with Crippen LogP contribution in [-0.2, 0) is 57.2 Å². The summed E-state index contributed by atoms with van der Waals surface area (Å²) in [7, 11) is 0. The van der Waals surface area contributed by atoms with E-state index in [0.717, 1.165) is 96.3 Å². The lowest BCUT2D eigenvalue weighted by Crippen LogP contribution is -2.72. The zero-order chi connectivity index (χ0) is 106. The van der Waals surface area contributed by atoms with E-state index < -0.39 is 144 Å². The molecule has 36 atom stereocenters. The Labute approximate surface area is 900 Å². The van der Waals surface area contributed by atoms with E-state index in [9.17, 15) is 90.0 Å². The van der Waals surface area contributed by atoms with Gasteiger partial charge in [0.15, 0.2) is 0 Å². The number of carbonyl (C=O) groups is 6. The highest BCUT2D eigenvalue weighted by molar-refractivity contribution is 5.88. The molecule has 0 saturated heterocycles. The van der Waals surface area contributed by atoms with E-state index in [1.54, 1.807) is 39.0 Å². The molecule has 12 fully saturated rings. The number of hydrogen-bond acceptors (Lipinski definition) is 24. The Kier molecular flexibility index (Phi) is 40.3. The lowest BCUT2D eigenvalue weighted by molar-refractivity contribution is -0.261. The van der Waals surface area contributed by atoms with Crippen LogP contribution in [0.15, 0.2) is 69.9 Å². The Bertz CT molecular complexity index is 4900. The molecule has 24 nitrogen and oxygen atoms in total. The molecule has 858 valence electrons. The van der Waals surface area contributed by atoms with E-state index in [4.69, 9.17) is 28.4 Å². The van der Waals surface area contributed by atoms with Crippen molar-refractivity contribution < 1.29 is 118 Å². The maximum atomic E-state index is 13.2. The second-order valence-corrected chi connectivity index (χ2v) is 54.1. The number of ether oxygens (including phenoxy) is 6. The van der Waals surface area contributed by atoms with E-state index >= 15 is 0 Å². The number of aliphatic hydroxyl groups is 12. The largest absolute Gasteiger partial charge is 0.465 e. The van der Waals surface area contributed by atoms with E-state index in [2.05, 4.69) is 108 Å². The number of carbonyl (C=O) groups excluding carboxylic acids is 6. The van der Waals surface area contributed by atoms with Crippen molar-refractivity contribution in [2.75, 3.05) is 39.6 Å². The highest BCUT2D eigenvalue weighted by atomic mass is 16.6. The van der Waals surface area contributed by atoms with Crippen molar-refractivity contribution in [3.63, 3.8) is 0 Å². The van der Waals surface area contributed by atoms with E-state index in [1.165, 1.54) is 23.6 Å². The molecule has 15 rings (SSSR count). The number of esters is 6. The number of aliphatic hydroxyl groups excluding tert-OH is 12. The van der Waals surface area contributed by atoms with Gasteiger partial charge in [-0.25, -0.2) is 14.4 Å². The van der Waals surface area contributed by atoms with Crippen LogP contribution in [0.1, 0.15) is 412 Å². The van der Waals surface area contributed by atoms with Crippen LogP contribution in [0, 0.1) is 157 Å². The average molecular weight is 2100 g/mol. The van der Waals surface area contributed by atoms with Crippen LogP contribution >= 0.6 is 0 Å². The Balaban J connectivity index is 0.000000297. The Morgan fingerprint density at radius 2 is 0.597 bits per heavy atom. The van der Waals surface area contributed by atoms with E-state index in [-0.39, 0.29) is 206 Å². The number of rotatable bonds is 22. The molecule has 12 saturated carbocycles. The summed E-state index contributed by atoms with van der Waals surface area (Å²) in [4.78, 5) is 76.2. The summed E-state index contributed by atoms with van der Waals surface area (Å²) < 4.78 is 35.1. The fourth-order valence-electron chi connectivity index (χ4n) is 35.9. The first-order valence-electron chi connectivity index (χ1n) is 55.4. The van der Waals surface area contributed by atoms with Crippen molar-refractivity contribution in [1.82, 2.24) is 0 Å². The minimum atomic E-state index is -1.26. The number of hydrogen-bond donors (Lipinski definition) is 12. The molecule has 12 N–H and O–H groups in total. The van der Waals surface area contributed by atoms with Gasteiger partial charge in [0.1, 0.15) is 19.8 Å². The summed E-state index contributed by atoms with van der Waals surface area (Å²) in [6.07, 6.45) is 20.2. The van der Waals surface area contributed by atoms with Crippen molar-refractivity contribution in [3.8, 4) is 0 Å². The maximum Gasteiger partial charge on any atom is 0.333 e. The highest BCUT2D eigenvalue weighted by Gasteiger charge is 2.79. The lowest BCUT2D eigenvalue weighted by atomic mass is 9.33. The summed E-state index contributed by atoms with van der Waals surface area (Å²) >= 11 is 0. The van der Waals surface area contributed by atoms with Gasteiger partial charge in [-0.3, -0.25) is 14.4 Å². The topological polar surface area (TPSA) is 401 Å². The molecule has 9 unspecified atom stereocenters. The zero-order valence-corrected chi connectivity index (χ0v) is 92.8. The third-order valence-corrected chi connectivity index (χ3v) is 46.4. The molecule has 0 spiro atoms. The maximum absolute atomic E-state index is 13.2. The molecule has 15 aliphatic rings. The fourth-order valence-corrected chi connectivity index (χ4v) is 35.9. The van der Waals surface area contributed by atoms with Crippen LogP contribution in [0.25, 0.3) is 0 Å². The van der Waals surface area contributed by atoms with Crippen LogP contribution in [0.5, 0.6) is 0 Å². The Hall–Kier alpha value is -5.22. The van der Waals surface area contributed by atoms with Crippen molar-refractivity contribution in [2.45, 2.75) is 485 Å². The predicted molar refractivity (Wildman–Crippen MR) is 589 cm³/mol. The lowest BCUT2D eigenvalue weighted by Gasteiger charge is -2.72. The molecular weight excluding hydrogens is 1890 g/mol. The van der Waals surface area contributed by atoms with Crippen LogP contribution < -0.4 is 0 Å². The van der Waals surface area contributed by atoms with Crippen LogP contribution in [0.2, 0.25) is 0 Å². The van der Waals surface area contributed by atoms with Crippen LogP contribution in [0.4, 0.5) is 0 Å². The summed E-state index contributed by atoms with van der Waals surface area (Å²) in [5.41, 5.74) is -4.02. The van der Waals surface area contributed by atoms with Crippen molar-refractivity contribution in [2.24, 2.45) is 157 Å². The molecule has 0 amide bonds. The molecule has 0 aromatic rings. The van der Waals surface area contributed by atoms with Gasteiger partial charge in [0.2, 0.25) is 0 Å². The van der Waals surface area contributed by atoms with Gasteiger partial charge < -0.3 is 89.7 Å². The van der Waals surface area contributed by atoms with Gasteiger partial charge in [0.05, 0.1) is 115 Å². The minimum Gasteiger partial charge on any atom is -0.465 e. The molecule has 0 aromatic heterocycles. The number of fused-ring (bicyclic) bond motifs is 21. The smallest absolute Gasteiger partial charge is 0.333 e. The third kappa shape index (κ3) is 20.3. The first kappa shape index (κ1) is 131. The van der Waals surface area contributed by atoms with Gasteiger partial charge in [0.25, 0.3) is 0 Å². The molecule has 24 heteroatoms. The van der Waals surface area contributed by atoms with Crippen molar-refractivity contribution in [3.05, 3.63) is 69.9 Å². The molecule has 0 heterocycles. The van der Waals surface area contributed by atoms with E-state index in [1.807, 2.05) is 76.2 Å². The van der Waals surface area contributed by atoms with Crippen LogP contribution in [0.3, 0.4) is 0 Å². The van der Waals surface area contributed by atoms with Crippen molar-refractivity contribution >= 4 is 35.8 Å². The monoisotopic (exact) mass is 2100 g/mol. The standard InChI is InChI=1S/2C41H66O8.C37H58O8.6CH4/c1-11-24(4)34(46)48-22-38(8)28-16-19-39(9)29(37(28,7)18-17-30(38)42)15-14-26-27-20-36(5,6)32(44)33(45)41(27,31(43)21-40(26,39)10)23-49-35(47)25(12-2)13-3;1-10-12-13-14-32(44)48-24-41-27(21-36(4,5)33(45)34(41)46)26-15-16-29-37(6)19-18-30(42)38(7,23-49-35(47)25(3)11-2)28(37)17-20-39(29,8)40(26,9)22-31(41)43;1-10-21(2)31(43)45-19-34(7)25-13-16-35(8)26(33(25,6)15-14-27(34)39)12-11-23-24-17-32(4,5)29(41)30(42)37(24,20-44-22(3)38)28(40)18-36(23,35)9;;;;;;/h11,14,25,27-33,42-45H,12-13,15-23H2,1-10H3;11,15,27-31,33-34,42-43,45-46H,10,12-14,16-24H2,1-9H3;10-11,24-30,39-42H,12-20H2,1-9H3;6*1H4/b24-11+;25-11+;21-10+;;;;;;/t27?,28?,29?,30-,31+,32-,33-,37-,38+,39+,40+,41-;27?,28?,29?,30-,31+,33-,34-,37-,38+,39+,40+,41-;24?,25?,26?,27-,28+,29-,30-,33-,34+,35+,36+,37-;;;;;;/m000....../s1. The predicted octanol–water partition coefficient (Wildman–Crippen LogP) is 22.1. The fraction of sp³-hybridized carbons (Fsp3) is 0.856. The van der Waals surface area contributed by atoms with Crippen LogP contribution in [-0.4, -0.2) is 210 Å². The third-order valence-electron chi connectivity index (χ3n) is 46.4. The molecule has 0 bridgehead atoms. The Morgan fingerprint density at radius 3 is 0.852 bits per heavy atom. The molecule has 149 heavy (non-hydrogen) atoms. The molecular formula is C125H214O24. The molecule has 0 aromatic carbocycles. The Morgan fingerprint density at radius 1 is 0.329 bits per heavy atom. The number of unbranched alkanes of at least 4 members (excludes halogenated alkanes) is 2. The van der Waals surface area contributed by atoms with Gasteiger partial charge in [0, 0.05) is 46.3 Å². The quantitative estimate of drug-likeness (QED) is 0.0157. The minimum absolute atomic E-state index is 0. The molecule has 0 aliphatic heterocycles. The first-order chi connectivity index (χ1) is 66.3. The summed E-state index contributed by atoms with van der Waals surface area (Å²) in [6.45, 7) is 57.6. The van der Waals surface area contributed by atoms with E-state index in [0.29, 0.717) is 93.8 Å². The molecule has 15 aliphatic carbocycles. The zero-order valence-electron chi connectivity index (χ0n) is 92.8. The highest BCUT2D eigenvalue weighted by Crippen LogP contribution is 2.81. The molecule has 0 radical (unpaired) electrons. The number of allylic oxidation sites excluding steroid dienone is 9. The first-order valence-corrected chi connectivity index (χ1v) is 55.4. The van der Waals surface area contributed by atoms with Gasteiger partial charge in [-0.1, -0.05) is 256 Å². The normalized spacial score (nSPS) is 45.0. The SMILES string of the molecule is C.C.C.C.C.C.C/C=C(\C)C(=O)OC[C@]1(C)C2CC[C@]3(C)C(CC=C4C5CC(C)(C)[C@@H](O)[C@H](O)[C@]5(COC(=O)C(CC)CC)[C@H](O)C[C@]43C)[C@@]2(C)CC[C@@H]1O.C/C=C(\C)C(=O)OC[C@]1(C)C2CC[C@]3(C)C(CC=C4C5CC(C)(C)[C@@H](O)[C@H](O)[C@]5(COC(=O)CCCCC)[C@H](O)C[C@]43C)[C@@]2(C)CC[C@@H]1O.C/C=C(\C)C(=O)OC[C@]1(C)C2CC[C@]3(C)C(CC=C4C5CC(C)(C)[C@@H](O)[C@H](O)[C@]5(COC(C)=O)[C@H](O)C[C@]43C)[C@@]2(C)CC[C@@H]1O. The summed E-state index contributed by atoms with van der Waals surface area (Å²) in [5, 5.41) is 141. The summed E-state index contributed by atoms with van der Waals surface area (Å²) in [6, 6.07) is 0. The second-order valence-electron chi connectivity index (χ2n) is 54.1. The van der Waals surface area contributed by atoms with Crippen molar-refractivity contribution in [1.29, 1.82) is 0 Å². The van der Waals surface area contributed by atoms with Gasteiger partial charge in [-0.05, 0) is 314 Å². The summed E-state index contributed by atoms with van der Waals surface area (Å²) in [5.74, 6) is -1.98. The van der Waals surface area contributed by atoms with Gasteiger partial charge in [-0.15, -0.1) is 0 Å². The van der Waals surface area contributed by atoms with Gasteiger partial charge >= 0.3 is 35.8 Å². The average Bonchev–Trinajstić information content (AvgIpc) is 0.673. The van der Waals surface area contributed by atoms with Gasteiger partial charge in [-0.2, -0.15) is 0 Å². The second kappa shape index (κ2) is 46.0.